The topological polar surface area (TPSA) is 54.4 Å². The van der Waals surface area contributed by atoms with Crippen molar-refractivity contribution < 1.29 is 13.5 Å². The maximum Gasteiger partial charge on any atom is 0.175 e. The molecule has 2 unspecified atom stereocenters. The molecule has 0 bridgehead atoms. The molecule has 1 aromatic rings. The van der Waals surface area contributed by atoms with Crippen LogP contribution in [0.2, 0.25) is 0 Å². The van der Waals surface area contributed by atoms with Gasteiger partial charge in [-0.15, -0.1) is 0 Å². The van der Waals surface area contributed by atoms with Crippen LogP contribution in [-0.2, 0) is 9.84 Å². The molecule has 0 saturated heterocycles. The molecule has 1 N–H and O–H groups in total. The highest BCUT2D eigenvalue weighted by Gasteiger charge is 2.15. The molecule has 1 aromatic carbocycles. The van der Waals surface area contributed by atoms with Gasteiger partial charge < -0.3 is 5.11 Å². The van der Waals surface area contributed by atoms with Gasteiger partial charge >= 0.3 is 0 Å². The van der Waals surface area contributed by atoms with Crippen molar-refractivity contribution in [2.24, 2.45) is 0 Å². The molecule has 0 heterocycles. The Morgan fingerprint density at radius 2 is 1.75 bits per heavy atom. The van der Waals surface area contributed by atoms with E-state index < -0.39 is 9.84 Å². The van der Waals surface area contributed by atoms with Crippen LogP contribution in [-0.4, -0.2) is 25.9 Å². The molecule has 0 aromatic heterocycles. The van der Waals surface area contributed by atoms with E-state index in [4.69, 9.17) is 0 Å². The number of aliphatic hydroxyl groups is 1. The fourth-order valence-corrected chi connectivity index (χ4v) is 2.22. The Morgan fingerprint density at radius 3 is 2.12 bits per heavy atom. The Kier molecular flexibility index (Phi) is 4.10. The van der Waals surface area contributed by atoms with E-state index in [-0.39, 0.29) is 12.0 Å². The van der Waals surface area contributed by atoms with Crippen molar-refractivity contribution in [3.05, 3.63) is 29.8 Å². The first kappa shape index (κ1) is 13.2. The van der Waals surface area contributed by atoms with Gasteiger partial charge in [-0.3, -0.25) is 0 Å². The van der Waals surface area contributed by atoms with E-state index in [1.165, 1.54) is 6.26 Å². The molecule has 4 heteroatoms. The van der Waals surface area contributed by atoms with Crippen LogP contribution in [0.15, 0.2) is 29.2 Å². The van der Waals surface area contributed by atoms with Gasteiger partial charge in [-0.2, -0.15) is 0 Å². The van der Waals surface area contributed by atoms with Crippen molar-refractivity contribution in [3.8, 4) is 0 Å². The standard InChI is InChI=1S/C12H18O3S/c1-4-12(13)9(2)10-5-7-11(8-6-10)16(3,14)15/h5-9,12-13H,4H2,1-3H3. The summed E-state index contributed by atoms with van der Waals surface area (Å²) in [5, 5.41) is 9.69. The highest BCUT2D eigenvalue weighted by atomic mass is 32.2. The fourth-order valence-electron chi connectivity index (χ4n) is 1.59. The molecule has 90 valence electrons. The number of benzene rings is 1. The zero-order valence-electron chi connectivity index (χ0n) is 9.84. The SMILES string of the molecule is CCC(O)C(C)c1ccc(S(C)(=O)=O)cc1. The maximum absolute atomic E-state index is 11.3. The Labute approximate surface area is 97.0 Å². The molecule has 0 fully saturated rings. The highest BCUT2D eigenvalue weighted by molar-refractivity contribution is 7.90. The summed E-state index contributed by atoms with van der Waals surface area (Å²) in [6.07, 6.45) is 1.49. The average Bonchev–Trinajstić information content (AvgIpc) is 2.26. The Bertz CT molecular complexity index is 434. The molecular weight excluding hydrogens is 224 g/mol. The predicted octanol–water partition coefficient (Wildman–Crippen LogP) is 1.96. The van der Waals surface area contributed by atoms with Crippen LogP contribution in [0.3, 0.4) is 0 Å². The normalized spacial score (nSPS) is 15.8. The molecule has 0 spiro atoms. The first-order valence-corrected chi connectivity index (χ1v) is 7.23. The summed E-state index contributed by atoms with van der Waals surface area (Å²) in [7, 11) is -3.13. The van der Waals surface area contributed by atoms with Gasteiger partial charge in [0.05, 0.1) is 11.0 Å². The summed E-state index contributed by atoms with van der Waals surface area (Å²) in [6, 6.07) is 6.70. The van der Waals surface area contributed by atoms with Crippen LogP contribution in [0, 0.1) is 0 Å². The van der Waals surface area contributed by atoms with Crippen LogP contribution in [0.25, 0.3) is 0 Å². The van der Waals surface area contributed by atoms with Gasteiger partial charge in [0.2, 0.25) is 0 Å². The number of hydrogen-bond acceptors (Lipinski definition) is 3. The number of aliphatic hydroxyl groups excluding tert-OH is 1. The van der Waals surface area contributed by atoms with E-state index in [9.17, 15) is 13.5 Å². The van der Waals surface area contributed by atoms with Crippen LogP contribution >= 0.6 is 0 Å². The number of rotatable bonds is 4. The molecule has 0 aliphatic heterocycles. The van der Waals surface area contributed by atoms with Gasteiger partial charge in [-0.1, -0.05) is 26.0 Å². The summed E-state index contributed by atoms with van der Waals surface area (Å²) in [4.78, 5) is 0.314. The smallest absolute Gasteiger partial charge is 0.175 e. The maximum atomic E-state index is 11.3. The number of sulfone groups is 1. The third-order valence-electron chi connectivity index (χ3n) is 2.83. The first-order valence-electron chi connectivity index (χ1n) is 5.34. The van der Waals surface area contributed by atoms with Crippen molar-refractivity contribution in [2.45, 2.75) is 37.2 Å². The van der Waals surface area contributed by atoms with Gasteiger partial charge in [0.15, 0.2) is 9.84 Å². The molecule has 0 amide bonds. The van der Waals surface area contributed by atoms with Crippen LogP contribution < -0.4 is 0 Å². The molecule has 0 aliphatic rings. The van der Waals surface area contributed by atoms with Gasteiger partial charge in [0, 0.05) is 12.2 Å². The molecule has 0 saturated carbocycles. The molecule has 1 rings (SSSR count). The summed E-state index contributed by atoms with van der Waals surface area (Å²) >= 11 is 0. The summed E-state index contributed by atoms with van der Waals surface area (Å²) in [5.41, 5.74) is 0.960. The van der Waals surface area contributed by atoms with E-state index in [2.05, 4.69) is 0 Å². The second kappa shape index (κ2) is 4.97. The monoisotopic (exact) mass is 242 g/mol. The molecular formula is C12H18O3S. The van der Waals surface area contributed by atoms with E-state index in [1.807, 2.05) is 13.8 Å². The Hall–Kier alpha value is -0.870. The van der Waals surface area contributed by atoms with Gasteiger partial charge in [0.1, 0.15) is 0 Å². The highest BCUT2D eigenvalue weighted by Crippen LogP contribution is 2.22. The lowest BCUT2D eigenvalue weighted by Crippen LogP contribution is -2.14. The third kappa shape index (κ3) is 3.06. The van der Waals surface area contributed by atoms with Crippen molar-refractivity contribution in [1.29, 1.82) is 0 Å². The summed E-state index contributed by atoms with van der Waals surface area (Å²) in [6.45, 7) is 3.86. The van der Waals surface area contributed by atoms with Crippen molar-refractivity contribution in [3.63, 3.8) is 0 Å². The van der Waals surface area contributed by atoms with Gasteiger partial charge in [0.25, 0.3) is 0 Å². The number of hydrogen-bond donors (Lipinski definition) is 1. The fraction of sp³-hybridized carbons (Fsp3) is 0.500. The second-order valence-electron chi connectivity index (χ2n) is 4.11. The first-order chi connectivity index (χ1) is 7.36. The van der Waals surface area contributed by atoms with Crippen LogP contribution in [0.5, 0.6) is 0 Å². The van der Waals surface area contributed by atoms with E-state index in [1.54, 1.807) is 24.3 Å². The minimum atomic E-state index is -3.13. The molecule has 2 atom stereocenters. The van der Waals surface area contributed by atoms with E-state index >= 15 is 0 Å². The third-order valence-corrected chi connectivity index (χ3v) is 3.96. The van der Waals surface area contributed by atoms with Gasteiger partial charge in [-0.05, 0) is 24.1 Å². The van der Waals surface area contributed by atoms with E-state index in [0.29, 0.717) is 11.3 Å². The summed E-state index contributed by atoms with van der Waals surface area (Å²) < 4.78 is 22.5. The lowest BCUT2D eigenvalue weighted by atomic mass is 9.94. The minimum Gasteiger partial charge on any atom is -0.393 e. The predicted molar refractivity (Wildman–Crippen MR) is 64.3 cm³/mol. The van der Waals surface area contributed by atoms with Crippen LogP contribution in [0.1, 0.15) is 31.7 Å². The molecule has 0 radical (unpaired) electrons. The van der Waals surface area contributed by atoms with Crippen LogP contribution in [0.4, 0.5) is 0 Å². The van der Waals surface area contributed by atoms with Crippen molar-refractivity contribution in [2.75, 3.05) is 6.26 Å². The van der Waals surface area contributed by atoms with Crippen molar-refractivity contribution >= 4 is 9.84 Å². The lowest BCUT2D eigenvalue weighted by Gasteiger charge is -2.17. The average molecular weight is 242 g/mol. The quantitative estimate of drug-likeness (QED) is 0.878. The largest absolute Gasteiger partial charge is 0.393 e. The lowest BCUT2D eigenvalue weighted by molar-refractivity contribution is 0.145. The Balaban J connectivity index is 2.96. The molecule has 16 heavy (non-hydrogen) atoms. The zero-order chi connectivity index (χ0) is 12.3. The van der Waals surface area contributed by atoms with Gasteiger partial charge in [-0.25, -0.2) is 8.42 Å². The minimum absolute atomic E-state index is 0.0265. The summed E-state index contributed by atoms with van der Waals surface area (Å²) in [5.74, 6) is 0.0265. The van der Waals surface area contributed by atoms with Crippen molar-refractivity contribution in [1.82, 2.24) is 0 Å². The van der Waals surface area contributed by atoms with E-state index in [0.717, 1.165) is 5.56 Å². The molecule has 0 aliphatic carbocycles. The Morgan fingerprint density at radius 1 is 1.25 bits per heavy atom. The second-order valence-corrected chi connectivity index (χ2v) is 6.12. The zero-order valence-corrected chi connectivity index (χ0v) is 10.7. The molecule has 3 nitrogen and oxygen atoms in total.